The van der Waals surface area contributed by atoms with Gasteiger partial charge in [0.2, 0.25) is 0 Å². The molecule has 0 spiro atoms. The Balaban J connectivity index is 1.83. The molecule has 0 aliphatic carbocycles. The third-order valence-corrected chi connectivity index (χ3v) is 4.98. The Kier molecular flexibility index (Phi) is 5.30. The molecule has 8 nitrogen and oxygen atoms in total. The van der Waals surface area contributed by atoms with Gasteiger partial charge in [0.05, 0.1) is 11.2 Å². The quantitative estimate of drug-likeness (QED) is 0.504. The number of pyridine rings is 1. The van der Waals surface area contributed by atoms with E-state index in [1.54, 1.807) is 31.6 Å². The third-order valence-electron chi connectivity index (χ3n) is 4.98. The molecule has 0 atom stereocenters. The molecule has 1 amide bonds. The van der Waals surface area contributed by atoms with Crippen LogP contribution in [0.3, 0.4) is 0 Å². The van der Waals surface area contributed by atoms with Crippen LogP contribution in [0.2, 0.25) is 0 Å². The molecule has 0 saturated heterocycles. The number of benzene rings is 1. The molecule has 0 radical (unpaired) electrons. The highest BCUT2D eigenvalue weighted by Gasteiger charge is 2.24. The molecule has 0 saturated carbocycles. The highest BCUT2D eigenvalue weighted by atomic mass is 16.6. The van der Waals surface area contributed by atoms with Gasteiger partial charge in [-0.3, -0.25) is 9.48 Å². The Labute approximate surface area is 185 Å². The minimum absolute atomic E-state index is 0.322. The first-order chi connectivity index (χ1) is 15.1. The van der Waals surface area contributed by atoms with E-state index in [0.717, 1.165) is 16.5 Å². The van der Waals surface area contributed by atoms with Gasteiger partial charge >= 0.3 is 6.09 Å². The number of nitrogens with one attached hydrogen (secondary N) is 1. The number of rotatable bonds is 3. The normalized spacial score (nSPS) is 11.5. The van der Waals surface area contributed by atoms with Gasteiger partial charge in [0.1, 0.15) is 17.1 Å². The number of hydrogen-bond donors (Lipinski definition) is 1. The van der Waals surface area contributed by atoms with Gasteiger partial charge in [0.25, 0.3) is 5.91 Å². The SMILES string of the molecule is Cc1ccccc1-c1cc2cnc(NC(=O)c3ccnn3C)cc2n1C(=O)OC(C)(C)C. The molecule has 3 heterocycles. The van der Waals surface area contributed by atoms with Crippen molar-refractivity contribution in [2.75, 3.05) is 5.32 Å². The Morgan fingerprint density at radius 3 is 2.50 bits per heavy atom. The highest BCUT2D eigenvalue weighted by Crippen LogP contribution is 2.32. The van der Waals surface area contributed by atoms with Crippen LogP contribution in [-0.2, 0) is 11.8 Å². The van der Waals surface area contributed by atoms with Crippen LogP contribution in [0.5, 0.6) is 0 Å². The zero-order valence-electron chi connectivity index (χ0n) is 18.7. The number of aromatic nitrogens is 4. The predicted octanol–water partition coefficient (Wildman–Crippen LogP) is 4.78. The first-order valence-corrected chi connectivity index (χ1v) is 10.2. The molecule has 0 aliphatic rings. The van der Waals surface area contributed by atoms with Gasteiger partial charge in [0.15, 0.2) is 0 Å². The van der Waals surface area contributed by atoms with E-state index in [0.29, 0.717) is 22.7 Å². The average Bonchev–Trinajstić information content (AvgIpc) is 3.30. The van der Waals surface area contributed by atoms with Crippen molar-refractivity contribution in [3.8, 4) is 11.3 Å². The fourth-order valence-electron chi connectivity index (χ4n) is 3.51. The fourth-order valence-corrected chi connectivity index (χ4v) is 3.51. The van der Waals surface area contributed by atoms with E-state index in [9.17, 15) is 9.59 Å². The molecule has 0 aliphatic heterocycles. The first kappa shape index (κ1) is 21.3. The lowest BCUT2D eigenvalue weighted by molar-refractivity contribution is 0.0547. The summed E-state index contributed by atoms with van der Waals surface area (Å²) in [5, 5.41) is 7.55. The summed E-state index contributed by atoms with van der Waals surface area (Å²) in [6.07, 6.45) is 2.69. The molecule has 164 valence electrons. The number of carbonyl (C=O) groups excluding carboxylic acids is 2. The van der Waals surface area contributed by atoms with Crippen LogP contribution in [0.4, 0.5) is 10.6 Å². The lowest BCUT2D eigenvalue weighted by atomic mass is 10.1. The zero-order chi connectivity index (χ0) is 23.0. The molecule has 32 heavy (non-hydrogen) atoms. The van der Waals surface area contributed by atoms with Crippen LogP contribution >= 0.6 is 0 Å². The first-order valence-electron chi connectivity index (χ1n) is 10.2. The maximum atomic E-state index is 13.2. The lowest BCUT2D eigenvalue weighted by Gasteiger charge is -2.21. The number of amides is 1. The van der Waals surface area contributed by atoms with E-state index in [1.165, 1.54) is 9.25 Å². The molecule has 0 bridgehead atoms. The molecule has 4 rings (SSSR count). The Bertz CT molecular complexity index is 1330. The van der Waals surface area contributed by atoms with E-state index in [4.69, 9.17) is 4.74 Å². The summed E-state index contributed by atoms with van der Waals surface area (Å²) in [4.78, 5) is 30.2. The summed E-state index contributed by atoms with van der Waals surface area (Å²) in [7, 11) is 1.69. The van der Waals surface area contributed by atoms with Crippen molar-refractivity contribution in [2.45, 2.75) is 33.3 Å². The third kappa shape index (κ3) is 4.12. The maximum absolute atomic E-state index is 13.2. The predicted molar refractivity (Wildman–Crippen MR) is 123 cm³/mol. The van der Waals surface area contributed by atoms with Crippen molar-refractivity contribution in [3.05, 3.63) is 66.1 Å². The number of aryl methyl sites for hydroxylation is 2. The minimum Gasteiger partial charge on any atom is -0.443 e. The van der Waals surface area contributed by atoms with Crippen molar-refractivity contribution in [1.82, 2.24) is 19.3 Å². The van der Waals surface area contributed by atoms with Crippen LogP contribution in [0.15, 0.2) is 54.9 Å². The van der Waals surface area contributed by atoms with Crippen molar-refractivity contribution >= 4 is 28.7 Å². The monoisotopic (exact) mass is 431 g/mol. The molecular weight excluding hydrogens is 406 g/mol. The average molecular weight is 431 g/mol. The van der Waals surface area contributed by atoms with Crippen LogP contribution in [0, 0.1) is 6.92 Å². The smallest absolute Gasteiger partial charge is 0.419 e. The van der Waals surface area contributed by atoms with Gasteiger partial charge in [-0.2, -0.15) is 5.10 Å². The Morgan fingerprint density at radius 2 is 1.84 bits per heavy atom. The van der Waals surface area contributed by atoms with Crippen LogP contribution in [0.1, 0.15) is 36.8 Å². The second kappa shape index (κ2) is 7.96. The second-order valence-electron chi connectivity index (χ2n) is 8.58. The van der Waals surface area contributed by atoms with Gasteiger partial charge < -0.3 is 10.1 Å². The summed E-state index contributed by atoms with van der Waals surface area (Å²) in [6, 6.07) is 13.0. The zero-order valence-corrected chi connectivity index (χ0v) is 18.7. The summed E-state index contributed by atoms with van der Waals surface area (Å²) in [5.74, 6) is -0.0192. The minimum atomic E-state index is -0.666. The van der Waals surface area contributed by atoms with Crippen molar-refractivity contribution in [3.63, 3.8) is 0 Å². The van der Waals surface area contributed by atoms with Gasteiger partial charge in [-0.15, -0.1) is 0 Å². The summed E-state index contributed by atoms with van der Waals surface area (Å²) in [5.41, 5.74) is 2.96. The second-order valence-corrected chi connectivity index (χ2v) is 8.58. The molecule has 0 unspecified atom stereocenters. The van der Waals surface area contributed by atoms with Gasteiger partial charge in [-0.1, -0.05) is 24.3 Å². The Hall–Kier alpha value is -3.94. The van der Waals surface area contributed by atoms with E-state index in [2.05, 4.69) is 15.4 Å². The largest absolute Gasteiger partial charge is 0.443 e. The van der Waals surface area contributed by atoms with Crippen LogP contribution in [0.25, 0.3) is 22.2 Å². The number of carbonyl (C=O) groups is 2. The molecule has 0 fully saturated rings. The van der Waals surface area contributed by atoms with Crippen LogP contribution in [-0.4, -0.2) is 36.9 Å². The Morgan fingerprint density at radius 1 is 1.09 bits per heavy atom. The summed E-state index contributed by atoms with van der Waals surface area (Å²) < 4.78 is 8.70. The van der Waals surface area contributed by atoms with Crippen molar-refractivity contribution in [2.24, 2.45) is 7.05 Å². The molecule has 1 N–H and O–H groups in total. The molecule has 1 aromatic carbocycles. The van der Waals surface area contributed by atoms with Crippen LogP contribution < -0.4 is 5.32 Å². The number of nitrogens with zero attached hydrogens (tertiary/aromatic N) is 4. The van der Waals surface area contributed by atoms with Gasteiger partial charge in [-0.25, -0.2) is 14.3 Å². The van der Waals surface area contributed by atoms with Gasteiger partial charge in [-0.05, 0) is 45.4 Å². The van der Waals surface area contributed by atoms with E-state index in [1.807, 2.05) is 58.0 Å². The van der Waals surface area contributed by atoms with E-state index in [-0.39, 0.29) is 5.91 Å². The molecule has 3 aromatic heterocycles. The number of anilines is 1. The summed E-state index contributed by atoms with van der Waals surface area (Å²) >= 11 is 0. The topological polar surface area (TPSA) is 91.0 Å². The lowest BCUT2D eigenvalue weighted by Crippen LogP contribution is -2.27. The number of hydrogen-bond acceptors (Lipinski definition) is 5. The van der Waals surface area contributed by atoms with E-state index < -0.39 is 11.7 Å². The number of ether oxygens (including phenoxy) is 1. The van der Waals surface area contributed by atoms with Gasteiger partial charge in [0, 0.05) is 36.5 Å². The maximum Gasteiger partial charge on any atom is 0.419 e. The highest BCUT2D eigenvalue weighted by molar-refractivity contribution is 6.04. The molecule has 4 aromatic rings. The van der Waals surface area contributed by atoms with E-state index >= 15 is 0 Å². The summed E-state index contributed by atoms with van der Waals surface area (Å²) in [6.45, 7) is 7.46. The standard InChI is InChI=1S/C24H25N5O3/c1-15-8-6-7-9-17(15)20-12-16-14-25-21(27-22(30)18-10-11-26-28(18)5)13-19(16)29(20)23(31)32-24(2,3)4/h6-14H,1-5H3,(H,25,27,30). The molecular formula is C24H25N5O3. The number of fused-ring (bicyclic) bond motifs is 1. The molecule has 8 heteroatoms. The van der Waals surface area contributed by atoms with Crippen molar-refractivity contribution in [1.29, 1.82) is 0 Å². The van der Waals surface area contributed by atoms with Crippen molar-refractivity contribution < 1.29 is 14.3 Å². The fraction of sp³-hybridized carbons (Fsp3) is 0.250.